The number of aromatic carboxylic acids is 1. The number of halogens is 1. The van der Waals surface area contributed by atoms with Gasteiger partial charge in [-0.3, -0.25) is 0 Å². The fraction of sp³-hybridized carbons (Fsp3) is 0.438. The van der Waals surface area contributed by atoms with E-state index >= 15 is 0 Å². The Kier molecular flexibility index (Phi) is 3.48. The smallest absolute Gasteiger partial charge is 0.335 e. The first kappa shape index (κ1) is 12.9. The van der Waals surface area contributed by atoms with Gasteiger partial charge in [-0.05, 0) is 47.6 Å². The average molecular weight is 321 g/mol. The number of hydrogen-bond acceptors (Lipinski definition) is 1. The summed E-state index contributed by atoms with van der Waals surface area (Å²) in [6, 6.07) is 5.56. The predicted octanol–water partition coefficient (Wildman–Crippen LogP) is 4.63. The lowest BCUT2D eigenvalue weighted by Crippen LogP contribution is -2.08. The first-order valence-electron chi connectivity index (χ1n) is 6.92. The van der Waals surface area contributed by atoms with Crippen LogP contribution in [0.2, 0.25) is 0 Å². The molecule has 2 aliphatic rings. The molecule has 2 aliphatic carbocycles. The monoisotopic (exact) mass is 320 g/mol. The summed E-state index contributed by atoms with van der Waals surface area (Å²) in [5.74, 6) is -0.190. The summed E-state index contributed by atoms with van der Waals surface area (Å²) in [5.41, 5.74) is 4.26. The largest absolute Gasteiger partial charge is 0.478 e. The van der Waals surface area contributed by atoms with E-state index in [0.29, 0.717) is 11.5 Å². The quantitative estimate of drug-likeness (QED) is 0.862. The molecule has 0 aliphatic heterocycles. The van der Waals surface area contributed by atoms with Crippen molar-refractivity contribution < 1.29 is 9.90 Å². The van der Waals surface area contributed by atoms with Crippen LogP contribution in [0.15, 0.2) is 22.7 Å². The fourth-order valence-electron chi connectivity index (χ4n) is 3.38. The minimum absolute atomic E-state index is 0.393. The first-order chi connectivity index (χ1) is 9.16. The molecule has 0 saturated heterocycles. The van der Waals surface area contributed by atoms with E-state index in [1.165, 1.54) is 47.7 Å². The van der Waals surface area contributed by atoms with Crippen LogP contribution < -0.4 is 0 Å². The highest BCUT2D eigenvalue weighted by Gasteiger charge is 2.28. The van der Waals surface area contributed by atoms with Crippen LogP contribution in [0, 0.1) is 5.92 Å². The molecular formula is C16H17BrO2. The van der Waals surface area contributed by atoms with Crippen LogP contribution in [0.4, 0.5) is 0 Å². The zero-order valence-electron chi connectivity index (χ0n) is 10.8. The Hall–Kier alpha value is -1.09. The second-order valence-electron chi connectivity index (χ2n) is 5.51. The summed E-state index contributed by atoms with van der Waals surface area (Å²) in [5, 5.41) is 9.07. The minimum atomic E-state index is -0.843. The minimum Gasteiger partial charge on any atom is -0.478 e. The van der Waals surface area contributed by atoms with E-state index in [4.69, 9.17) is 5.11 Å². The molecule has 0 bridgehead atoms. The van der Waals surface area contributed by atoms with E-state index in [0.717, 1.165) is 12.0 Å². The molecule has 3 rings (SSSR count). The van der Waals surface area contributed by atoms with E-state index in [1.54, 1.807) is 6.07 Å². The number of hydrogen-bond donors (Lipinski definition) is 1. The summed E-state index contributed by atoms with van der Waals surface area (Å²) in [6.07, 6.45) is 7.37. The maximum Gasteiger partial charge on any atom is 0.335 e. The third kappa shape index (κ3) is 2.36. The number of carboxylic acid groups (broad SMARTS) is 1. The molecule has 1 aromatic carbocycles. The lowest BCUT2D eigenvalue weighted by molar-refractivity contribution is 0.0697. The van der Waals surface area contributed by atoms with E-state index < -0.39 is 5.97 Å². The summed E-state index contributed by atoms with van der Waals surface area (Å²) in [4.78, 5) is 11.0. The van der Waals surface area contributed by atoms with Gasteiger partial charge in [-0.25, -0.2) is 4.79 Å². The van der Waals surface area contributed by atoms with Gasteiger partial charge in [-0.15, -0.1) is 0 Å². The van der Waals surface area contributed by atoms with Crippen molar-refractivity contribution in [3.8, 4) is 0 Å². The highest BCUT2D eigenvalue weighted by atomic mass is 79.9. The molecular weight excluding hydrogens is 304 g/mol. The van der Waals surface area contributed by atoms with Gasteiger partial charge in [0.2, 0.25) is 0 Å². The molecule has 19 heavy (non-hydrogen) atoms. The van der Waals surface area contributed by atoms with Gasteiger partial charge in [0.1, 0.15) is 0 Å². The number of allylic oxidation sites excluding steroid dienone is 2. The second-order valence-corrected chi connectivity index (χ2v) is 6.46. The Morgan fingerprint density at radius 3 is 2.63 bits per heavy atom. The van der Waals surface area contributed by atoms with Gasteiger partial charge >= 0.3 is 5.97 Å². The third-order valence-electron chi connectivity index (χ3n) is 4.29. The topological polar surface area (TPSA) is 37.3 Å². The van der Waals surface area contributed by atoms with Gasteiger partial charge < -0.3 is 5.11 Å². The lowest BCUT2D eigenvalue weighted by Gasteiger charge is -2.24. The Morgan fingerprint density at radius 1 is 1.21 bits per heavy atom. The zero-order chi connectivity index (χ0) is 13.4. The lowest BCUT2D eigenvalue weighted by atomic mass is 9.81. The molecule has 0 aromatic heterocycles. The molecule has 1 fully saturated rings. The molecule has 2 nitrogen and oxygen atoms in total. The molecule has 0 amide bonds. The summed E-state index contributed by atoms with van der Waals surface area (Å²) >= 11 is 3.71. The number of rotatable bonds is 2. The number of carboxylic acids is 1. The van der Waals surface area contributed by atoms with Crippen molar-refractivity contribution in [2.45, 2.75) is 38.5 Å². The number of fused-ring (bicyclic) bond motifs is 1. The van der Waals surface area contributed by atoms with Crippen molar-refractivity contribution in [2.24, 2.45) is 5.92 Å². The Bertz CT molecular complexity index is 554. The Balaban J connectivity index is 1.96. The van der Waals surface area contributed by atoms with Gasteiger partial charge in [0, 0.05) is 10.9 Å². The SMILES string of the molecule is O=C(O)c1ccc2c(c1)CC(Br)=C2C1CCCCC1. The molecule has 0 spiro atoms. The molecule has 1 aromatic rings. The summed E-state index contributed by atoms with van der Waals surface area (Å²) in [6.45, 7) is 0. The standard InChI is InChI=1S/C16H17BrO2/c17-14-9-12-8-11(16(18)19)6-7-13(12)15(14)10-4-2-1-3-5-10/h6-8,10H,1-5,9H2,(H,18,19). The second kappa shape index (κ2) is 5.12. The van der Waals surface area contributed by atoms with E-state index in [2.05, 4.69) is 15.9 Å². The van der Waals surface area contributed by atoms with Gasteiger partial charge in [-0.2, -0.15) is 0 Å². The van der Waals surface area contributed by atoms with Crippen LogP contribution in [0.25, 0.3) is 5.57 Å². The summed E-state index contributed by atoms with van der Waals surface area (Å²) < 4.78 is 1.26. The van der Waals surface area contributed by atoms with Crippen LogP contribution in [-0.4, -0.2) is 11.1 Å². The van der Waals surface area contributed by atoms with Gasteiger partial charge in [0.15, 0.2) is 0 Å². The highest BCUT2D eigenvalue weighted by Crippen LogP contribution is 2.45. The van der Waals surface area contributed by atoms with Crippen LogP contribution in [0.1, 0.15) is 53.6 Å². The maximum atomic E-state index is 11.0. The van der Waals surface area contributed by atoms with Gasteiger partial charge in [-0.1, -0.05) is 41.3 Å². The van der Waals surface area contributed by atoms with Crippen LogP contribution in [-0.2, 0) is 6.42 Å². The fourth-order valence-corrected chi connectivity index (χ4v) is 4.22. The highest BCUT2D eigenvalue weighted by molar-refractivity contribution is 9.11. The predicted molar refractivity (Wildman–Crippen MR) is 79.5 cm³/mol. The van der Waals surface area contributed by atoms with Gasteiger partial charge in [0.05, 0.1) is 5.56 Å². The van der Waals surface area contributed by atoms with Gasteiger partial charge in [0.25, 0.3) is 0 Å². The molecule has 0 unspecified atom stereocenters. The molecule has 100 valence electrons. The van der Waals surface area contributed by atoms with Crippen molar-refractivity contribution in [3.63, 3.8) is 0 Å². The first-order valence-corrected chi connectivity index (χ1v) is 7.71. The zero-order valence-corrected chi connectivity index (χ0v) is 12.4. The summed E-state index contributed by atoms with van der Waals surface area (Å²) in [7, 11) is 0. The third-order valence-corrected chi connectivity index (χ3v) is 5.00. The number of benzene rings is 1. The molecule has 1 saturated carbocycles. The van der Waals surface area contributed by atoms with Crippen molar-refractivity contribution >= 4 is 27.5 Å². The molecule has 3 heteroatoms. The molecule has 1 N–H and O–H groups in total. The molecule has 0 radical (unpaired) electrons. The van der Waals surface area contributed by atoms with Crippen LogP contribution in [0.3, 0.4) is 0 Å². The van der Waals surface area contributed by atoms with E-state index in [9.17, 15) is 4.79 Å². The molecule has 0 heterocycles. The Labute approximate surface area is 121 Å². The molecule has 0 atom stereocenters. The maximum absolute atomic E-state index is 11.0. The average Bonchev–Trinajstić information content (AvgIpc) is 2.74. The van der Waals surface area contributed by atoms with Crippen LogP contribution in [0.5, 0.6) is 0 Å². The van der Waals surface area contributed by atoms with E-state index in [-0.39, 0.29) is 0 Å². The van der Waals surface area contributed by atoms with Crippen molar-refractivity contribution in [3.05, 3.63) is 39.4 Å². The van der Waals surface area contributed by atoms with Crippen molar-refractivity contribution in [2.75, 3.05) is 0 Å². The van der Waals surface area contributed by atoms with Crippen molar-refractivity contribution in [1.82, 2.24) is 0 Å². The van der Waals surface area contributed by atoms with E-state index in [1.807, 2.05) is 12.1 Å². The number of carbonyl (C=O) groups is 1. The van der Waals surface area contributed by atoms with Crippen molar-refractivity contribution in [1.29, 1.82) is 0 Å². The normalized spacial score (nSPS) is 19.6. The van der Waals surface area contributed by atoms with Crippen LogP contribution >= 0.6 is 15.9 Å². The Morgan fingerprint density at radius 2 is 1.95 bits per heavy atom.